The molecule has 0 aliphatic heterocycles. The number of rotatable bonds is 4. The quantitative estimate of drug-likeness (QED) is 0.348. The van der Waals surface area contributed by atoms with E-state index in [1.807, 2.05) is 0 Å². The highest BCUT2D eigenvalue weighted by Gasteiger charge is 2.23. The van der Waals surface area contributed by atoms with E-state index in [-0.39, 0.29) is 23.1 Å². The standard InChI is InChI=1S/C11H13NO5/c1-7(2)11(13)17-10-8(12(14)15)5-4-6-9(10)16-3/h4-7H,1-3H3. The first-order valence-corrected chi connectivity index (χ1v) is 5.00. The first kappa shape index (κ1) is 13.0. The molecule has 6 nitrogen and oxygen atoms in total. The van der Waals surface area contributed by atoms with Crippen molar-refractivity contribution < 1.29 is 19.2 Å². The summed E-state index contributed by atoms with van der Waals surface area (Å²) in [7, 11) is 1.35. The van der Waals surface area contributed by atoms with Crippen LogP contribution >= 0.6 is 0 Å². The van der Waals surface area contributed by atoms with Gasteiger partial charge in [-0.25, -0.2) is 0 Å². The van der Waals surface area contributed by atoms with Crippen LogP contribution in [-0.2, 0) is 4.79 Å². The van der Waals surface area contributed by atoms with E-state index in [1.165, 1.54) is 25.3 Å². The van der Waals surface area contributed by atoms with Gasteiger partial charge in [-0.1, -0.05) is 19.9 Å². The van der Waals surface area contributed by atoms with E-state index in [9.17, 15) is 14.9 Å². The van der Waals surface area contributed by atoms with Crippen LogP contribution in [0.15, 0.2) is 18.2 Å². The number of para-hydroxylation sites is 1. The molecule has 0 N–H and O–H groups in total. The minimum atomic E-state index is -0.620. The molecule has 0 amide bonds. The Morgan fingerprint density at radius 2 is 2.06 bits per heavy atom. The molecule has 0 bridgehead atoms. The molecule has 0 aliphatic rings. The number of nitro groups is 1. The lowest BCUT2D eigenvalue weighted by Crippen LogP contribution is -2.16. The predicted molar refractivity (Wildman–Crippen MR) is 60.1 cm³/mol. The van der Waals surface area contributed by atoms with Gasteiger partial charge in [0.15, 0.2) is 5.75 Å². The molecule has 17 heavy (non-hydrogen) atoms. The SMILES string of the molecule is COc1cccc([N+](=O)[O-])c1OC(=O)C(C)C. The summed E-state index contributed by atoms with van der Waals surface area (Å²) in [5.74, 6) is -0.913. The van der Waals surface area contributed by atoms with Crippen molar-refractivity contribution >= 4 is 11.7 Å². The summed E-state index contributed by atoms with van der Waals surface area (Å²) >= 11 is 0. The number of carbonyl (C=O) groups is 1. The van der Waals surface area contributed by atoms with Crippen molar-refractivity contribution in [1.82, 2.24) is 0 Å². The first-order chi connectivity index (χ1) is 7.97. The molecule has 1 aromatic carbocycles. The van der Waals surface area contributed by atoms with E-state index < -0.39 is 10.9 Å². The Kier molecular flexibility index (Phi) is 4.03. The molecular formula is C11H13NO5. The van der Waals surface area contributed by atoms with Crippen LogP contribution in [0.2, 0.25) is 0 Å². The second-order valence-corrected chi connectivity index (χ2v) is 3.64. The summed E-state index contributed by atoms with van der Waals surface area (Å²) in [4.78, 5) is 21.6. The number of methoxy groups -OCH3 is 1. The van der Waals surface area contributed by atoms with Gasteiger partial charge in [0.2, 0.25) is 5.75 Å². The van der Waals surface area contributed by atoms with Crippen LogP contribution in [-0.4, -0.2) is 18.0 Å². The van der Waals surface area contributed by atoms with Crippen LogP contribution in [0.1, 0.15) is 13.8 Å². The van der Waals surface area contributed by atoms with Gasteiger partial charge in [0.25, 0.3) is 0 Å². The maximum atomic E-state index is 11.5. The molecule has 0 aromatic heterocycles. The maximum Gasteiger partial charge on any atom is 0.315 e. The highest BCUT2D eigenvalue weighted by Crippen LogP contribution is 2.36. The highest BCUT2D eigenvalue weighted by molar-refractivity contribution is 5.77. The molecule has 1 aromatic rings. The third kappa shape index (κ3) is 2.93. The summed E-state index contributed by atoms with van der Waals surface area (Å²) in [6.07, 6.45) is 0. The van der Waals surface area contributed by atoms with E-state index in [4.69, 9.17) is 9.47 Å². The molecule has 0 radical (unpaired) electrons. The number of ether oxygens (including phenoxy) is 2. The van der Waals surface area contributed by atoms with Crippen molar-refractivity contribution in [1.29, 1.82) is 0 Å². The summed E-state index contributed by atoms with van der Waals surface area (Å²) in [5, 5.41) is 10.8. The molecule has 0 spiro atoms. The molecule has 92 valence electrons. The number of benzene rings is 1. The van der Waals surface area contributed by atoms with Crippen molar-refractivity contribution in [2.75, 3.05) is 7.11 Å². The average molecular weight is 239 g/mol. The minimum Gasteiger partial charge on any atom is -0.493 e. The van der Waals surface area contributed by atoms with Crippen LogP contribution in [0.25, 0.3) is 0 Å². The molecule has 0 saturated heterocycles. The van der Waals surface area contributed by atoms with Gasteiger partial charge >= 0.3 is 11.7 Å². The Labute approximate surface area is 98.3 Å². The summed E-state index contributed by atoms with van der Waals surface area (Å²) in [6.45, 7) is 3.28. The van der Waals surface area contributed by atoms with Crippen LogP contribution in [0.3, 0.4) is 0 Å². The fourth-order valence-electron chi connectivity index (χ4n) is 1.13. The normalized spacial score (nSPS) is 10.1. The first-order valence-electron chi connectivity index (χ1n) is 5.00. The highest BCUT2D eigenvalue weighted by atomic mass is 16.6. The van der Waals surface area contributed by atoms with E-state index in [0.717, 1.165) is 0 Å². The monoisotopic (exact) mass is 239 g/mol. The van der Waals surface area contributed by atoms with Gasteiger partial charge < -0.3 is 9.47 Å². The third-order valence-corrected chi connectivity index (χ3v) is 2.05. The van der Waals surface area contributed by atoms with E-state index in [1.54, 1.807) is 13.8 Å². The number of hydrogen-bond donors (Lipinski definition) is 0. The summed E-state index contributed by atoms with van der Waals surface area (Å²) in [5.41, 5.74) is -0.293. The fourth-order valence-corrected chi connectivity index (χ4v) is 1.13. The molecule has 0 aliphatic carbocycles. The molecule has 6 heteroatoms. The molecule has 0 heterocycles. The average Bonchev–Trinajstić information content (AvgIpc) is 2.28. The van der Waals surface area contributed by atoms with Crippen molar-refractivity contribution in [3.8, 4) is 11.5 Å². The zero-order valence-corrected chi connectivity index (χ0v) is 9.80. The van der Waals surface area contributed by atoms with Gasteiger partial charge in [-0.05, 0) is 6.07 Å². The predicted octanol–water partition coefficient (Wildman–Crippen LogP) is 2.16. The van der Waals surface area contributed by atoms with Gasteiger partial charge in [0.1, 0.15) is 0 Å². The van der Waals surface area contributed by atoms with Gasteiger partial charge in [0, 0.05) is 6.07 Å². The number of nitrogens with zero attached hydrogens (tertiary/aromatic N) is 1. The van der Waals surface area contributed by atoms with Crippen LogP contribution in [0.5, 0.6) is 11.5 Å². The summed E-state index contributed by atoms with van der Waals surface area (Å²) < 4.78 is 9.92. The number of nitro benzene ring substituents is 1. The van der Waals surface area contributed by atoms with Crippen LogP contribution in [0.4, 0.5) is 5.69 Å². The van der Waals surface area contributed by atoms with Gasteiger partial charge in [-0.2, -0.15) is 0 Å². The lowest BCUT2D eigenvalue weighted by molar-refractivity contribution is -0.385. The lowest BCUT2D eigenvalue weighted by Gasteiger charge is -2.10. The Bertz CT molecular complexity index is 441. The molecule has 0 fully saturated rings. The fraction of sp³-hybridized carbons (Fsp3) is 0.364. The minimum absolute atomic E-state index is 0.154. The van der Waals surface area contributed by atoms with E-state index in [2.05, 4.69) is 0 Å². The maximum absolute atomic E-state index is 11.5. The van der Waals surface area contributed by atoms with E-state index in [0.29, 0.717) is 0 Å². The van der Waals surface area contributed by atoms with Crippen molar-refractivity contribution in [3.63, 3.8) is 0 Å². The topological polar surface area (TPSA) is 78.7 Å². The third-order valence-electron chi connectivity index (χ3n) is 2.05. The molecule has 0 unspecified atom stereocenters. The van der Waals surface area contributed by atoms with Crippen molar-refractivity contribution in [3.05, 3.63) is 28.3 Å². The van der Waals surface area contributed by atoms with E-state index >= 15 is 0 Å². The van der Waals surface area contributed by atoms with Gasteiger partial charge in [-0.15, -0.1) is 0 Å². The van der Waals surface area contributed by atoms with Crippen LogP contribution in [0, 0.1) is 16.0 Å². The Hall–Kier alpha value is -2.11. The van der Waals surface area contributed by atoms with Crippen LogP contribution < -0.4 is 9.47 Å². The van der Waals surface area contributed by atoms with Gasteiger partial charge in [-0.3, -0.25) is 14.9 Å². The largest absolute Gasteiger partial charge is 0.493 e. The van der Waals surface area contributed by atoms with Gasteiger partial charge in [0.05, 0.1) is 18.0 Å². The molecular weight excluding hydrogens is 226 g/mol. The zero-order chi connectivity index (χ0) is 13.0. The Morgan fingerprint density at radius 1 is 1.41 bits per heavy atom. The summed E-state index contributed by atoms with van der Waals surface area (Å²) in [6, 6.07) is 4.21. The van der Waals surface area contributed by atoms with Crippen molar-refractivity contribution in [2.24, 2.45) is 5.92 Å². The molecule has 0 atom stereocenters. The zero-order valence-electron chi connectivity index (χ0n) is 9.80. The van der Waals surface area contributed by atoms with Crippen molar-refractivity contribution in [2.45, 2.75) is 13.8 Å². The Balaban J connectivity index is 3.18. The number of esters is 1. The number of hydrogen-bond acceptors (Lipinski definition) is 5. The Morgan fingerprint density at radius 3 is 2.53 bits per heavy atom. The molecule has 0 saturated carbocycles. The number of carbonyl (C=O) groups excluding carboxylic acids is 1. The second kappa shape index (κ2) is 5.29. The second-order valence-electron chi connectivity index (χ2n) is 3.64. The molecule has 1 rings (SSSR count). The smallest absolute Gasteiger partial charge is 0.315 e. The lowest BCUT2D eigenvalue weighted by atomic mass is 10.2.